The summed E-state index contributed by atoms with van der Waals surface area (Å²) < 4.78 is 15.2. The first-order valence-corrected chi connectivity index (χ1v) is 11.6. The van der Waals surface area contributed by atoms with Gasteiger partial charge in [-0.15, -0.1) is 0 Å². The molecule has 3 aromatic rings. The van der Waals surface area contributed by atoms with Crippen molar-refractivity contribution >= 4 is 22.6 Å². The Bertz CT molecular complexity index is 1010. The Labute approximate surface area is 192 Å². The third-order valence-electron chi connectivity index (χ3n) is 5.75. The Hall–Kier alpha value is -3.13. The Morgan fingerprint density at radius 3 is 2.41 bits per heavy atom. The van der Waals surface area contributed by atoms with Gasteiger partial charge in [0.2, 0.25) is 5.13 Å². The molecule has 1 saturated heterocycles. The lowest BCUT2D eigenvalue weighted by molar-refractivity contribution is 0.0938. The zero-order valence-corrected chi connectivity index (χ0v) is 19.2. The molecule has 1 fully saturated rings. The van der Waals surface area contributed by atoms with E-state index in [0.29, 0.717) is 29.5 Å². The number of benzene rings is 2. The van der Waals surface area contributed by atoms with Crippen molar-refractivity contribution in [3.63, 3.8) is 0 Å². The van der Waals surface area contributed by atoms with Crippen LogP contribution >= 0.6 is 11.5 Å². The highest BCUT2D eigenvalue weighted by molar-refractivity contribution is 7.09. The van der Waals surface area contributed by atoms with E-state index in [0.717, 1.165) is 43.3 Å². The van der Waals surface area contributed by atoms with Gasteiger partial charge < -0.3 is 19.7 Å². The maximum absolute atomic E-state index is 12.8. The largest absolute Gasteiger partial charge is 0.496 e. The zero-order chi connectivity index (χ0) is 22.3. The van der Waals surface area contributed by atoms with E-state index in [9.17, 15) is 4.79 Å². The summed E-state index contributed by atoms with van der Waals surface area (Å²) in [6.45, 7) is 2.46. The van der Waals surface area contributed by atoms with E-state index in [2.05, 4.69) is 26.7 Å². The minimum Gasteiger partial charge on any atom is -0.496 e. The SMILES string of the molecule is COc1cccc(OC)c1C(=O)NCC1CCN(c2nc(Cc3ccccc3)ns2)CC1. The molecule has 0 aliphatic carbocycles. The summed E-state index contributed by atoms with van der Waals surface area (Å²) in [5.41, 5.74) is 1.66. The fourth-order valence-corrected chi connectivity index (χ4v) is 4.69. The third-order valence-corrected chi connectivity index (χ3v) is 6.57. The first-order valence-electron chi connectivity index (χ1n) is 10.8. The summed E-state index contributed by atoms with van der Waals surface area (Å²) in [7, 11) is 3.11. The molecule has 0 bridgehead atoms. The molecule has 1 aromatic heterocycles. The predicted molar refractivity (Wildman–Crippen MR) is 126 cm³/mol. The van der Waals surface area contributed by atoms with Gasteiger partial charge in [0.1, 0.15) is 22.9 Å². The Morgan fingerprint density at radius 2 is 1.75 bits per heavy atom. The van der Waals surface area contributed by atoms with Gasteiger partial charge in [0.15, 0.2) is 0 Å². The zero-order valence-electron chi connectivity index (χ0n) is 18.4. The highest BCUT2D eigenvalue weighted by Crippen LogP contribution is 2.29. The van der Waals surface area contributed by atoms with E-state index in [4.69, 9.17) is 14.5 Å². The number of methoxy groups -OCH3 is 2. The second-order valence-electron chi connectivity index (χ2n) is 7.83. The van der Waals surface area contributed by atoms with Crippen LogP contribution in [0.2, 0.25) is 0 Å². The molecule has 0 radical (unpaired) electrons. The lowest BCUT2D eigenvalue weighted by atomic mass is 9.97. The smallest absolute Gasteiger partial charge is 0.258 e. The second kappa shape index (κ2) is 10.5. The number of aromatic nitrogens is 2. The van der Waals surface area contributed by atoms with Gasteiger partial charge in [0.25, 0.3) is 5.91 Å². The number of amides is 1. The number of anilines is 1. The van der Waals surface area contributed by atoms with Gasteiger partial charge in [-0.1, -0.05) is 36.4 Å². The first-order chi connectivity index (χ1) is 15.7. The summed E-state index contributed by atoms with van der Waals surface area (Å²) in [5, 5.41) is 4.04. The molecule has 8 heteroatoms. The fourth-order valence-electron chi connectivity index (χ4n) is 3.95. The number of rotatable bonds is 8. The molecule has 1 aliphatic rings. The van der Waals surface area contributed by atoms with Gasteiger partial charge in [-0.3, -0.25) is 4.79 Å². The Kier molecular flexibility index (Phi) is 7.21. The van der Waals surface area contributed by atoms with Gasteiger partial charge in [-0.2, -0.15) is 4.37 Å². The van der Waals surface area contributed by atoms with Crippen molar-refractivity contribution in [1.29, 1.82) is 0 Å². The molecular formula is C24H28N4O3S. The molecule has 4 rings (SSSR count). The van der Waals surface area contributed by atoms with Crippen molar-refractivity contribution in [2.45, 2.75) is 19.3 Å². The van der Waals surface area contributed by atoms with Crippen LogP contribution < -0.4 is 19.7 Å². The minimum absolute atomic E-state index is 0.170. The maximum Gasteiger partial charge on any atom is 0.258 e. The number of hydrogen-bond acceptors (Lipinski definition) is 7. The van der Waals surface area contributed by atoms with Crippen LogP contribution in [0.4, 0.5) is 5.13 Å². The summed E-state index contributed by atoms with van der Waals surface area (Å²) >= 11 is 1.47. The highest BCUT2D eigenvalue weighted by Gasteiger charge is 2.24. The van der Waals surface area contributed by atoms with E-state index in [1.807, 2.05) is 24.3 Å². The van der Waals surface area contributed by atoms with Crippen molar-refractivity contribution < 1.29 is 14.3 Å². The lowest BCUT2D eigenvalue weighted by Gasteiger charge is -2.31. The molecule has 0 unspecified atom stereocenters. The van der Waals surface area contributed by atoms with Crippen LogP contribution in [0.5, 0.6) is 11.5 Å². The fraction of sp³-hybridized carbons (Fsp3) is 0.375. The third kappa shape index (κ3) is 5.19. The van der Waals surface area contributed by atoms with E-state index >= 15 is 0 Å². The molecule has 1 aliphatic heterocycles. The molecule has 0 saturated carbocycles. The number of hydrogen-bond donors (Lipinski definition) is 1. The van der Waals surface area contributed by atoms with Gasteiger partial charge >= 0.3 is 0 Å². The van der Waals surface area contributed by atoms with E-state index in [1.54, 1.807) is 26.4 Å². The van der Waals surface area contributed by atoms with Crippen LogP contribution in [0, 0.1) is 5.92 Å². The molecule has 1 N–H and O–H groups in total. The van der Waals surface area contributed by atoms with Gasteiger partial charge in [-0.25, -0.2) is 4.98 Å². The minimum atomic E-state index is -0.170. The van der Waals surface area contributed by atoms with Crippen molar-refractivity contribution in [3.8, 4) is 11.5 Å². The van der Waals surface area contributed by atoms with Crippen LogP contribution in [0.15, 0.2) is 48.5 Å². The van der Waals surface area contributed by atoms with Crippen LogP contribution in [-0.2, 0) is 6.42 Å². The van der Waals surface area contributed by atoms with Crippen molar-refractivity contribution in [1.82, 2.24) is 14.7 Å². The van der Waals surface area contributed by atoms with Crippen LogP contribution in [0.1, 0.15) is 34.6 Å². The predicted octanol–water partition coefficient (Wildman–Crippen LogP) is 3.79. The summed E-state index contributed by atoms with van der Waals surface area (Å²) in [5.74, 6) is 2.15. The number of piperidine rings is 1. The topological polar surface area (TPSA) is 76.6 Å². The van der Waals surface area contributed by atoms with Gasteiger partial charge in [0, 0.05) is 37.6 Å². The Morgan fingerprint density at radius 1 is 1.06 bits per heavy atom. The van der Waals surface area contributed by atoms with Crippen LogP contribution in [0.25, 0.3) is 0 Å². The van der Waals surface area contributed by atoms with Gasteiger partial charge in [0.05, 0.1) is 14.2 Å². The number of nitrogens with one attached hydrogen (secondary N) is 1. The van der Waals surface area contributed by atoms with E-state index in [1.165, 1.54) is 17.1 Å². The summed E-state index contributed by atoms with van der Waals surface area (Å²) in [4.78, 5) is 19.8. The Balaban J connectivity index is 1.28. The van der Waals surface area contributed by atoms with Crippen molar-refractivity contribution in [2.24, 2.45) is 5.92 Å². The van der Waals surface area contributed by atoms with Crippen LogP contribution in [-0.4, -0.2) is 49.1 Å². The number of ether oxygens (including phenoxy) is 2. The van der Waals surface area contributed by atoms with Gasteiger partial charge in [-0.05, 0) is 36.5 Å². The number of nitrogens with zero attached hydrogens (tertiary/aromatic N) is 3. The number of carbonyl (C=O) groups excluding carboxylic acids is 1. The molecule has 0 atom stereocenters. The average molecular weight is 453 g/mol. The lowest BCUT2D eigenvalue weighted by Crippen LogP contribution is -2.38. The molecule has 168 valence electrons. The van der Waals surface area contributed by atoms with Crippen LogP contribution in [0.3, 0.4) is 0 Å². The monoisotopic (exact) mass is 452 g/mol. The molecular weight excluding hydrogens is 424 g/mol. The highest BCUT2D eigenvalue weighted by atomic mass is 32.1. The molecule has 2 heterocycles. The number of carbonyl (C=O) groups is 1. The van der Waals surface area contributed by atoms with E-state index in [-0.39, 0.29) is 5.91 Å². The quantitative estimate of drug-likeness (QED) is 0.560. The molecule has 0 spiro atoms. The second-order valence-corrected chi connectivity index (χ2v) is 8.56. The molecule has 32 heavy (non-hydrogen) atoms. The maximum atomic E-state index is 12.8. The van der Waals surface area contributed by atoms with Crippen molar-refractivity contribution in [2.75, 3.05) is 38.8 Å². The summed E-state index contributed by atoms with van der Waals surface area (Å²) in [6, 6.07) is 15.6. The molecule has 1 amide bonds. The molecule has 2 aromatic carbocycles. The molecule has 7 nitrogen and oxygen atoms in total. The standard InChI is InChI=1S/C24H28N4O3S/c1-30-19-9-6-10-20(31-2)22(19)23(29)25-16-18-11-13-28(14-12-18)24-26-21(27-32-24)15-17-7-4-3-5-8-17/h3-10,18H,11-16H2,1-2H3,(H,25,29). The first kappa shape index (κ1) is 22.1. The van der Waals surface area contributed by atoms with E-state index < -0.39 is 0 Å². The average Bonchev–Trinajstić information content (AvgIpc) is 3.31. The normalized spacial score (nSPS) is 14.2. The summed E-state index contributed by atoms with van der Waals surface area (Å²) in [6.07, 6.45) is 2.75. The van der Waals surface area contributed by atoms with Crippen molar-refractivity contribution in [3.05, 3.63) is 65.5 Å².